The first-order valence-electron chi connectivity index (χ1n) is 5.09. The molecule has 88 valence electrons. The van der Waals surface area contributed by atoms with Gasteiger partial charge in [-0.2, -0.15) is 13.2 Å². The molecule has 0 spiro atoms. The van der Waals surface area contributed by atoms with Gasteiger partial charge in [-0.25, -0.2) is 0 Å². The summed E-state index contributed by atoms with van der Waals surface area (Å²) < 4.78 is 36.9. The van der Waals surface area contributed by atoms with Crippen LogP contribution in [0.4, 0.5) is 13.2 Å². The third kappa shape index (κ3) is 2.54. The minimum absolute atomic E-state index is 0.217. The van der Waals surface area contributed by atoms with E-state index in [1.54, 1.807) is 0 Å². The average molecular weight is 230 g/mol. The Labute approximate surface area is 91.8 Å². The summed E-state index contributed by atoms with van der Waals surface area (Å²) >= 11 is 0. The van der Waals surface area contributed by atoms with E-state index in [4.69, 9.17) is 5.73 Å². The number of likely N-dealkylation sites (tertiary alicyclic amines) is 1. The Morgan fingerprint density at radius 1 is 1.19 bits per heavy atom. The van der Waals surface area contributed by atoms with E-state index in [9.17, 15) is 13.2 Å². The van der Waals surface area contributed by atoms with E-state index in [-0.39, 0.29) is 6.04 Å². The van der Waals surface area contributed by atoms with Crippen molar-refractivity contribution in [1.29, 1.82) is 0 Å². The molecule has 5 heteroatoms. The van der Waals surface area contributed by atoms with Gasteiger partial charge in [0.2, 0.25) is 0 Å². The third-order valence-corrected chi connectivity index (χ3v) is 2.67. The van der Waals surface area contributed by atoms with Crippen LogP contribution in [0.25, 0.3) is 0 Å². The highest BCUT2D eigenvalue weighted by atomic mass is 19.4. The zero-order chi connectivity index (χ0) is 11.8. The summed E-state index contributed by atoms with van der Waals surface area (Å²) in [6, 6.07) is 5.50. The number of nitrogens with two attached hydrogens (primary N) is 1. The highest BCUT2D eigenvalue weighted by Crippen LogP contribution is 2.29. The smallest absolute Gasteiger partial charge is 0.325 e. The van der Waals surface area contributed by atoms with E-state index in [1.807, 2.05) is 0 Å². The van der Waals surface area contributed by atoms with Crippen LogP contribution >= 0.6 is 0 Å². The molecule has 2 rings (SSSR count). The quantitative estimate of drug-likeness (QED) is 0.840. The lowest BCUT2D eigenvalue weighted by molar-refractivity contribution is -0.137. The third-order valence-electron chi connectivity index (χ3n) is 2.67. The van der Waals surface area contributed by atoms with Gasteiger partial charge in [0.05, 0.1) is 5.56 Å². The standard InChI is InChI=1S/C11H13F3N2/c12-11(13,14)9-3-1-8(2-4-9)5-16-6-10(15)7-16/h1-4,10H,5-7,15H2. The lowest BCUT2D eigenvalue weighted by atomic mass is 10.1. The molecule has 0 aromatic heterocycles. The lowest BCUT2D eigenvalue weighted by Gasteiger charge is -2.36. The SMILES string of the molecule is NC1CN(Cc2ccc(C(F)(F)F)cc2)C1. The Morgan fingerprint density at radius 3 is 2.19 bits per heavy atom. The summed E-state index contributed by atoms with van der Waals surface area (Å²) in [4.78, 5) is 2.10. The van der Waals surface area contributed by atoms with E-state index >= 15 is 0 Å². The van der Waals surface area contributed by atoms with Crippen LogP contribution < -0.4 is 5.73 Å². The number of benzene rings is 1. The topological polar surface area (TPSA) is 29.3 Å². The summed E-state index contributed by atoms with van der Waals surface area (Å²) in [7, 11) is 0. The maximum absolute atomic E-state index is 12.3. The molecule has 0 bridgehead atoms. The van der Waals surface area contributed by atoms with E-state index in [0.29, 0.717) is 6.54 Å². The molecule has 1 aromatic rings. The van der Waals surface area contributed by atoms with Crippen molar-refractivity contribution in [1.82, 2.24) is 4.90 Å². The van der Waals surface area contributed by atoms with Crippen molar-refractivity contribution in [2.24, 2.45) is 5.73 Å². The molecule has 0 aliphatic carbocycles. The molecule has 1 aromatic carbocycles. The first-order valence-corrected chi connectivity index (χ1v) is 5.09. The van der Waals surface area contributed by atoms with Gasteiger partial charge in [0.25, 0.3) is 0 Å². The van der Waals surface area contributed by atoms with Gasteiger partial charge in [0, 0.05) is 25.7 Å². The molecule has 1 saturated heterocycles. The average Bonchev–Trinajstić information content (AvgIpc) is 2.15. The Bertz CT molecular complexity index is 352. The summed E-state index contributed by atoms with van der Waals surface area (Å²) in [5.41, 5.74) is 5.90. The van der Waals surface area contributed by atoms with Gasteiger partial charge in [0.15, 0.2) is 0 Å². The van der Waals surface area contributed by atoms with Crippen LogP contribution in [0.3, 0.4) is 0 Å². The molecule has 2 N–H and O–H groups in total. The molecule has 2 nitrogen and oxygen atoms in total. The van der Waals surface area contributed by atoms with Crippen molar-refractivity contribution >= 4 is 0 Å². The number of rotatable bonds is 2. The van der Waals surface area contributed by atoms with Crippen LogP contribution in [-0.2, 0) is 12.7 Å². The van der Waals surface area contributed by atoms with E-state index in [0.717, 1.165) is 30.8 Å². The zero-order valence-electron chi connectivity index (χ0n) is 8.67. The molecule has 1 aliphatic rings. The molecule has 0 saturated carbocycles. The van der Waals surface area contributed by atoms with Gasteiger partial charge in [-0.3, -0.25) is 4.90 Å². The number of nitrogens with zero attached hydrogens (tertiary/aromatic N) is 1. The molecule has 1 heterocycles. The van der Waals surface area contributed by atoms with Crippen LogP contribution in [-0.4, -0.2) is 24.0 Å². The lowest BCUT2D eigenvalue weighted by Crippen LogP contribution is -2.54. The zero-order valence-corrected chi connectivity index (χ0v) is 8.67. The number of hydrogen-bond acceptors (Lipinski definition) is 2. The van der Waals surface area contributed by atoms with Crippen molar-refractivity contribution in [2.75, 3.05) is 13.1 Å². The van der Waals surface area contributed by atoms with Gasteiger partial charge in [-0.05, 0) is 17.7 Å². The fourth-order valence-corrected chi connectivity index (χ4v) is 1.80. The molecule has 0 amide bonds. The van der Waals surface area contributed by atoms with Gasteiger partial charge in [-0.15, -0.1) is 0 Å². The van der Waals surface area contributed by atoms with Crippen molar-refractivity contribution in [2.45, 2.75) is 18.8 Å². The Hall–Kier alpha value is -1.07. The largest absolute Gasteiger partial charge is 0.416 e. The Balaban J connectivity index is 1.97. The van der Waals surface area contributed by atoms with Crippen LogP contribution in [0.1, 0.15) is 11.1 Å². The molecular formula is C11H13F3N2. The molecule has 0 unspecified atom stereocenters. The summed E-state index contributed by atoms with van der Waals surface area (Å²) in [6.45, 7) is 2.31. The van der Waals surface area contributed by atoms with Crippen LogP contribution in [0.5, 0.6) is 0 Å². The van der Waals surface area contributed by atoms with Gasteiger partial charge >= 0.3 is 6.18 Å². The van der Waals surface area contributed by atoms with E-state index < -0.39 is 11.7 Å². The van der Waals surface area contributed by atoms with Crippen molar-refractivity contribution in [3.63, 3.8) is 0 Å². The summed E-state index contributed by atoms with van der Waals surface area (Å²) in [5, 5.41) is 0. The van der Waals surface area contributed by atoms with Gasteiger partial charge in [0.1, 0.15) is 0 Å². The molecular weight excluding hydrogens is 217 g/mol. The predicted octanol–water partition coefficient (Wildman–Crippen LogP) is 1.85. The van der Waals surface area contributed by atoms with Crippen molar-refractivity contribution in [3.8, 4) is 0 Å². The minimum Gasteiger partial charge on any atom is -0.325 e. The van der Waals surface area contributed by atoms with E-state index in [1.165, 1.54) is 12.1 Å². The highest BCUT2D eigenvalue weighted by molar-refractivity contribution is 5.24. The maximum atomic E-state index is 12.3. The van der Waals surface area contributed by atoms with E-state index in [2.05, 4.69) is 4.90 Å². The fraction of sp³-hybridized carbons (Fsp3) is 0.455. The van der Waals surface area contributed by atoms with Crippen LogP contribution in [0, 0.1) is 0 Å². The summed E-state index contributed by atoms with van der Waals surface area (Å²) in [5.74, 6) is 0. The van der Waals surface area contributed by atoms with Gasteiger partial charge < -0.3 is 5.73 Å². The van der Waals surface area contributed by atoms with Crippen LogP contribution in [0.15, 0.2) is 24.3 Å². The maximum Gasteiger partial charge on any atom is 0.416 e. The number of hydrogen-bond donors (Lipinski definition) is 1. The number of alkyl halides is 3. The molecule has 16 heavy (non-hydrogen) atoms. The monoisotopic (exact) mass is 230 g/mol. The van der Waals surface area contributed by atoms with Crippen molar-refractivity contribution < 1.29 is 13.2 Å². The predicted molar refractivity (Wildman–Crippen MR) is 54.7 cm³/mol. The van der Waals surface area contributed by atoms with Crippen LogP contribution in [0.2, 0.25) is 0 Å². The van der Waals surface area contributed by atoms with Crippen molar-refractivity contribution in [3.05, 3.63) is 35.4 Å². The fourth-order valence-electron chi connectivity index (χ4n) is 1.80. The first kappa shape index (κ1) is 11.4. The second-order valence-electron chi connectivity index (χ2n) is 4.15. The highest BCUT2D eigenvalue weighted by Gasteiger charge is 2.30. The first-order chi connectivity index (χ1) is 7.45. The minimum atomic E-state index is -4.25. The van der Waals surface area contributed by atoms with Gasteiger partial charge in [-0.1, -0.05) is 12.1 Å². The second-order valence-corrected chi connectivity index (χ2v) is 4.15. The molecule has 1 aliphatic heterocycles. The Morgan fingerprint density at radius 2 is 1.75 bits per heavy atom. The molecule has 0 radical (unpaired) electrons. The Kier molecular flexibility index (Phi) is 2.90. The number of halogens is 3. The second kappa shape index (κ2) is 4.07. The normalized spacial score (nSPS) is 18.5. The summed E-state index contributed by atoms with van der Waals surface area (Å²) in [6.07, 6.45) is -4.25. The molecule has 1 fully saturated rings. The molecule has 0 atom stereocenters.